The zero-order chi connectivity index (χ0) is 29.1. The largest absolute Gasteiger partial charge is 0.497 e. The van der Waals surface area contributed by atoms with Crippen molar-refractivity contribution in [2.24, 2.45) is 0 Å². The van der Waals surface area contributed by atoms with Crippen molar-refractivity contribution < 1.29 is 27.1 Å². The molecule has 11 heteroatoms. The van der Waals surface area contributed by atoms with Crippen LogP contribution in [0.1, 0.15) is 5.56 Å². The van der Waals surface area contributed by atoms with Crippen LogP contribution in [0.4, 0.5) is 21.5 Å². The number of carbonyl (C=O) groups excluding carboxylic acids is 2. The van der Waals surface area contributed by atoms with E-state index in [1.165, 1.54) is 19.2 Å². The molecule has 4 aromatic rings. The fourth-order valence-corrected chi connectivity index (χ4v) is 5.98. The van der Waals surface area contributed by atoms with E-state index in [0.717, 1.165) is 34.4 Å². The lowest BCUT2D eigenvalue weighted by molar-refractivity contribution is -0.120. The summed E-state index contributed by atoms with van der Waals surface area (Å²) in [5.41, 5.74) is 2.49. The Hall–Kier alpha value is -4.61. The molecule has 1 heterocycles. The molecule has 0 spiro atoms. The summed E-state index contributed by atoms with van der Waals surface area (Å²) < 4.78 is 46.2. The van der Waals surface area contributed by atoms with Crippen LogP contribution >= 0.6 is 11.8 Å². The molecule has 8 nitrogen and oxygen atoms in total. The minimum atomic E-state index is -3.93. The van der Waals surface area contributed by atoms with E-state index in [2.05, 4.69) is 10.0 Å². The van der Waals surface area contributed by atoms with Gasteiger partial charge in [0.15, 0.2) is 0 Å². The Balaban J connectivity index is 1.42. The molecule has 0 radical (unpaired) electrons. The fourth-order valence-electron chi connectivity index (χ4n) is 4.00. The lowest BCUT2D eigenvalue weighted by Crippen LogP contribution is -2.32. The molecule has 4 aromatic carbocycles. The van der Waals surface area contributed by atoms with Gasteiger partial charge in [0, 0.05) is 16.3 Å². The molecule has 0 saturated heterocycles. The number of nitrogens with zero attached hydrogens (tertiary/aromatic N) is 1. The van der Waals surface area contributed by atoms with E-state index < -0.39 is 27.7 Å². The highest BCUT2D eigenvalue weighted by atomic mass is 32.2. The van der Waals surface area contributed by atoms with E-state index in [1.807, 2.05) is 31.2 Å². The third kappa shape index (κ3) is 6.11. The molecule has 5 rings (SSSR count). The number of hydrogen-bond donors (Lipinski definition) is 2. The number of nitrogens with one attached hydrogen (secondary N) is 2. The molecule has 1 aliphatic rings. The van der Waals surface area contributed by atoms with Gasteiger partial charge in [0.05, 0.1) is 17.7 Å². The van der Waals surface area contributed by atoms with Crippen LogP contribution < -0.4 is 19.7 Å². The van der Waals surface area contributed by atoms with E-state index >= 15 is 0 Å². The lowest BCUT2D eigenvalue weighted by atomic mass is 10.2. The maximum Gasteiger partial charge on any atom is 0.283 e. The van der Waals surface area contributed by atoms with Crippen molar-refractivity contribution in [2.75, 3.05) is 22.0 Å². The molecule has 41 heavy (non-hydrogen) atoms. The third-order valence-corrected chi connectivity index (χ3v) is 8.63. The highest BCUT2D eigenvalue weighted by molar-refractivity contribution is 8.04. The normalized spacial score (nSPS) is 13.5. The molecule has 1 aliphatic heterocycles. The van der Waals surface area contributed by atoms with Crippen LogP contribution in [0.15, 0.2) is 117 Å². The molecule has 0 aromatic heterocycles. The summed E-state index contributed by atoms with van der Waals surface area (Å²) in [7, 11) is -2.40. The average Bonchev–Trinajstić information content (AvgIpc) is 3.19. The van der Waals surface area contributed by atoms with E-state index in [4.69, 9.17) is 4.74 Å². The monoisotopic (exact) mass is 589 g/mol. The molecule has 2 amide bonds. The summed E-state index contributed by atoms with van der Waals surface area (Å²) in [5, 5.41) is 3.11. The van der Waals surface area contributed by atoms with Gasteiger partial charge >= 0.3 is 0 Å². The molecular formula is C30H24FN3O5S2. The summed E-state index contributed by atoms with van der Waals surface area (Å²) in [4.78, 5) is 29.0. The number of benzene rings is 4. The summed E-state index contributed by atoms with van der Waals surface area (Å²) in [5.74, 6) is -0.960. The van der Waals surface area contributed by atoms with Gasteiger partial charge in [0.25, 0.3) is 21.8 Å². The first-order valence-electron chi connectivity index (χ1n) is 12.3. The van der Waals surface area contributed by atoms with Crippen molar-refractivity contribution in [3.05, 3.63) is 119 Å². The van der Waals surface area contributed by atoms with Gasteiger partial charge in [-0.1, -0.05) is 29.5 Å². The zero-order valence-corrected chi connectivity index (χ0v) is 23.6. The molecule has 0 aliphatic carbocycles. The quantitative estimate of drug-likeness (QED) is 0.233. The van der Waals surface area contributed by atoms with Crippen molar-refractivity contribution in [1.29, 1.82) is 0 Å². The van der Waals surface area contributed by atoms with Crippen molar-refractivity contribution >= 4 is 50.7 Å². The number of imide groups is 1. The van der Waals surface area contributed by atoms with Crippen molar-refractivity contribution in [2.45, 2.75) is 16.7 Å². The molecule has 0 atom stereocenters. The molecule has 208 valence electrons. The second-order valence-electron chi connectivity index (χ2n) is 9.02. The predicted octanol–water partition coefficient (Wildman–Crippen LogP) is 5.93. The molecule has 2 N–H and O–H groups in total. The average molecular weight is 590 g/mol. The number of thioether (sulfide) groups is 1. The Morgan fingerprint density at radius 1 is 0.780 bits per heavy atom. The minimum Gasteiger partial charge on any atom is -0.497 e. The van der Waals surface area contributed by atoms with Gasteiger partial charge in [-0.2, -0.15) is 0 Å². The van der Waals surface area contributed by atoms with Crippen molar-refractivity contribution in [3.63, 3.8) is 0 Å². The number of rotatable bonds is 9. The summed E-state index contributed by atoms with van der Waals surface area (Å²) >= 11 is 1.09. The van der Waals surface area contributed by atoms with Gasteiger partial charge < -0.3 is 10.1 Å². The second-order valence-corrected chi connectivity index (χ2v) is 11.8. The Kier molecular flexibility index (Phi) is 7.82. The summed E-state index contributed by atoms with van der Waals surface area (Å²) in [6.07, 6.45) is 0. The predicted molar refractivity (Wildman–Crippen MR) is 157 cm³/mol. The highest BCUT2D eigenvalue weighted by Crippen LogP contribution is 2.38. The first-order valence-corrected chi connectivity index (χ1v) is 14.6. The van der Waals surface area contributed by atoms with Gasteiger partial charge in [-0.3, -0.25) is 14.3 Å². The van der Waals surface area contributed by atoms with Gasteiger partial charge in [-0.15, -0.1) is 0 Å². The van der Waals surface area contributed by atoms with Crippen molar-refractivity contribution in [1.82, 2.24) is 0 Å². The maximum absolute atomic E-state index is 13.6. The van der Waals surface area contributed by atoms with Gasteiger partial charge in [-0.25, -0.2) is 17.7 Å². The number of ether oxygens (including phenoxy) is 1. The molecule has 0 saturated carbocycles. The highest BCUT2D eigenvalue weighted by Gasteiger charge is 2.40. The zero-order valence-electron chi connectivity index (χ0n) is 21.9. The smallest absolute Gasteiger partial charge is 0.283 e. The summed E-state index contributed by atoms with van der Waals surface area (Å²) in [6.45, 7) is 1.95. The van der Waals surface area contributed by atoms with E-state index in [1.54, 1.807) is 48.5 Å². The van der Waals surface area contributed by atoms with Crippen LogP contribution in [0, 0.1) is 12.7 Å². The van der Waals surface area contributed by atoms with Crippen LogP contribution in [-0.4, -0.2) is 27.3 Å². The third-order valence-electron chi connectivity index (χ3n) is 6.14. The molecule has 0 unspecified atom stereocenters. The van der Waals surface area contributed by atoms with Crippen molar-refractivity contribution in [3.8, 4) is 5.75 Å². The minimum absolute atomic E-state index is 0.0805. The number of sulfonamides is 1. The van der Waals surface area contributed by atoms with Crippen LogP contribution in [0.3, 0.4) is 0 Å². The van der Waals surface area contributed by atoms with Crippen LogP contribution in [0.25, 0.3) is 0 Å². The molecule has 0 bridgehead atoms. The van der Waals surface area contributed by atoms with Gasteiger partial charge in [0.1, 0.15) is 22.2 Å². The number of carbonyl (C=O) groups is 2. The van der Waals surface area contributed by atoms with Crippen LogP contribution in [-0.2, 0) is 19.6 Å². The number of halogens is 1. The van der Waals surface area contributed by atoms with Gasteiger partial charge in [0.2, 0.25) is 0 Å². The van der Waals surface area contributed by atoms with Crippen LogP contribution in [0.2, 0.25) is 0 Å². The Bertz CT molecular complexity index is 1740. The SMILES string of the molecule is COc1ccc(N2C(=O)C(Nc3ccc(C)cc3)=C(Sc3ccc(NS(=O)(=O)c4ccc(F)cc4)cc3)C2=O)cc1. The Labute approximate surface area is 240 Å². The first-order chi connectivity index (χ1) is 19.6. The van der Waals surface area contributed by atoms with E-state index in [0.29, 0.717) is 22.0 Å². The lowest BCUT2D eigenvalue weighted by Gasteiger charge is -2.15. The topological polar surface area (TPSA) is 105 Å². The number of anilines is 3. The van der Waals surface area contributed by atoms with Crippen LogP contribution in [0.5, 0.6) is 5.75 Å². The summed E-state index contributed by atoms with van der Waals surface area (Å²) in [6, 6.07) is 24.9. The maximum atomic E-state index is 13.6. The second kappa shape index (κ2) is 11.5. The van der Waals surface area contributed by atoms with E-state index in [9.17, 15) is 22.4 Å². The Morgan fingerprint density at radius 3 is 2.00 bits per heavy atom. The number of amides is 2. The number of methoxy groups -OCH3 is 1. The standard InChI is InChI=1S/C30H24FN3O5S2/c1-19-3-7-21(8-4-19)32-27-28(30(36)34(29(27)35)23-11-13-24(39-2)14-12-23)40-25-15-9-22(10-16-25)33-41(37,38)26-17-5-20(31)6-18-26/h3-18,32-33H,1-2H3. The molecular weight excluding hydrogens is 565 g/mol. The molecule has 0 fully saturated rings. The fraction of sp³-hybridized carbons (Fsp3) is 0.0667. The first kappa shape index (κ1) is 27.9. The van der Waals surface area contributed by atoms with Gasteiger partial charge in [-0.05, 0) is 91.9 Å². The van der Waals surface area contributed by atoms with E-state index in [-0.39, 0.29) is 21.2 Å². The number of hydrogen-bond acceptors (Lipinski definition) is 7. The Morgan fingerprint density at radius 2 is 1.39 bits per heavy atom. The number of aryl methyl sites for hydroxylation is 1.